The van der Waals surface area contributed by atoms with E-state index in [0.29, 0.717) is 28.3 Å². The zero-order chi connectivity index (χ0) is 46.5. The molecule has 0 saturated heterocycles. The third-order valence-corrected chi connectivity index (χ3v) is 13.2. The molecule has 9 aromatic carbocycles. The van der Waals surface area contributed by atoms with Crippen LogP contribution in [-0.2, 0) is 0 Å². The zero-order valence-corrected chi connectivity index (χ0v) is 37.6. The molecule has 0 bridgehead atoms. The number of hydrogen-bond donors (Lipinski definition) is 0. The minimum atomic E-state index is 0.422. The Kier molecular flexibility index (Phi) is 9.74. The average Bonchev–Trinajstić information content (AvgIpc) is 3.95. The van der Waals surface area contributed by atoms with Gasteiger partial charge in [0.25, 0.3) is 0 Å². The Morgan fingerprint density at radius 2 is 0.657 bits per heavy atom. The van der Waals surface area contributed by atoms with Crippen molar-refractivity contribution in [1.82, 2.24) is 29.1 Å². The van der Waals surface area contributed by atoms with Crippen LogP contribution in [0.4, 0.5) is 0 Å². The Morgan fingerprint density at radius 3 is 1.04 bits per heavy atom. The first kappa shape index (κ1) is 40.5. The fraction of sp³-hybridized carbons (Fsp3) is 0. The molecule has 326 valence electrons. The highest BCUT2D eigenvalue weighted by molar-refractivity contribution is 6.13. The van der Waals surface area contributed by atoms with Gasteiger partial charge in [0.15, 0.2) is 11.6 Å². The zero-order valence-electron chi connectivity index (χ0n) is 37.6. The second kappa shape index (κ2) is 16.8. The van der Waals surface area contributed by atoms with E-state index >= 15 is 0 Å². The third kappa shape index (κ3) is 6.90. The van der Waals surface area contributed by atoms with Gasteiger partial charge in [-0.05, 0) is 54.6 Å². The number of hydrogen-bond acceptors (Lipinski definition) is 5. The van der Waals surface area contributed by atoms with Gasteiger partial charge in [0.05, 0.1) is 62.2 Å². The maximum Gasteiger partial charge on any atom is 0.162 e. The van der Waals surface area contributed by atoms with Crippen molar-refractivity contribution in [3.05, 3.63) is 242 Å². The monoisotopic (exact) mass is 893 g/mol. The van der Waals surface area contributed by atoms with E-state index in [0.717, 1.165) is 89.2 Å². The van der Waals surface area contributed by atoms with Crippen LogP contribution in [0.1, 0.15) is 5.56 Å². The maximum absolute atomic E-state index is 11.0. The molecule has 13 rings (SSSR count). The van der Waals surface area contributed by atoms with Gasteiger partial charge in [-0.15, -0.1) is 0 Å². The predicted octanol–water partition coefficient (Wildman–Crippen LogP) is 15.3. The van der Waals surface area contributed by atoms with Crippen LogP contribution in [-0.4, -0.2) is 29.1 Å². The minimum Gasteiger partial charge on any atom is -0.309 e. The van der Waals surface area contributed by atoms with Gasteiger partial charge >= 0.3 is 0 Å². The first-order valence-corrected chi connectivity index (χ1v) is 23.3. The largest absolute Gasteiger partial charge is 0.309 e. The number of aromatic nitrogens is 6. The Bertz CT molecular complexity index is 3860. The van der Waals surface area contributed by atoms with Crippen molar-refractivity contribution < 1.29 is 0 Å². The Labute approximate surface area is 403 Å². The van der Waals surface area contributed by atoms with Crippen molar-refractivity contribution in [3.8, 4) is 85.2 Å². The summed E-state index contributed by atoms with van der Waals surface area (Å²) in [5.74, 6) is 0.918. The molecule has 0 radical (unpaired) electrons. The number of benzene rings is 9. The van der Waals surface area contributed by atoms with E-state index in [1.54, 1.807) is 0 Å². The summed E-state index contributed by atoms with van der Waals surface area (Å²) in [7, 11) is 0. The lowest BCUT2D eigenvalue weighted by Gasteiger charge is -2.20. The second-order valence-corrected chi connectivity index (χ2v) is 17.3. The molecule has 0 unspecified atom stereocenters. The van der Waals surface area contributed by atoms with Gasteiger partial charge < -0.3 is 9.13 Å². The fourth-order valence-corrected chi connectivity index (χ4v) is 9.98. The molecule has 13 aromatic rings. The Hall–Kier alpha value is -9.77. The summed E-state index contributed by atoms with van der Waals surface area (Å²) in [6, 6.07) is 83.6. The number of nitrogens with zero attached hydrogens (tertiary/aromatic N) is 7. The molecule has 7 heteroatoms. The molecule has 0 N–H and O–H groups in total. The lowest BCUT2D eigenvalue weighted by Crippen LogP contribution is -2.07. The third-order valence-electron chi connectivity index (χ3n) is 13.2. The maximum atomic E-state index is 11.0. The summed E-state index contributed by atoms with van der Waals surface area (Å²) >= 11 is 0. The molecule has 0 amide bonds. The van der Waals surface area contributed by atoms with E-state index in [2.05, 4.69) is 155 Å². The first-order chi connectivity index (χ1) is 34.7. The Morgan fingerprint density at radius 1 is 0.314 bits per heavy atom. The average molecular weight is 894 g/mol. The van der Waals surface area contributed by atoms with Crippen LogP contribution in [0.15, 0.2) is 237 Å². The molecule has 4 heterocycles. The van der Waals surface area contributed by atoms with Crippen LogP contribution < -0.4 is 0 Å². The summed E-state index contributed by atoms with van der Waals surface area (Å²) in [5, 5.41) is 15.6. The van der Waals surface area contributed by atoms with E-state index in [1.807, 2.05) is 97.1 Å². The summed E-state index contributed by atoms with van der Waals surface area (Å²) in [4.78, 5) is 21.7. The lowest BCUT2D eigenvalue weighted by molar-refractivity contribution is 1.11. The summed E-state index contributed by atoms with van der Waals surface area (Å²) in [5.41, 5.74) is 14.4. The van der Waals surface area contributed by atoms with Crippen LogP contribution >= 0.6 is 0 Å². The predicted molar refractivity (Wildman–Crippen MR) is 284 cm³/mol. The van der Waals surface area contributed by atoms with Crippen molar-refractivity contribution in [2.24, 2.45) is 0 Å². The molecule has 0 aliphatic heterocycles. The molecule has 70 heavy (non-hydrogen) atoms. The topological polar surface area (TPSA) is 85.2 Å². The molecule has 0 fully saturated rings. The van der Waals surface area contributed by atoms with Gasteiger partial charge in [-0.25, -0.2) is 19.9 Å². The molecule has 0 spiro atoms. The van der Waals surface area contributed by atoms with Crippen LogP contribution in [0.2, 0.25) is 0 Å². The van der Waals surface area contributed by atoms with E-state index in [9.17, 15) is 5.26 Å². The smallest absolute Gasteiger partial charge is 0.162 e. The molecule has 4 aromatic heterocycles. The molecule has 0 aliphatic carbocycles. The summed E-state index contributed by atoms with van der Waals surface area (Å²) in [6.45, 7) is 0. The van der Waals surface area contributed by atoms with Crippen LogP contribution in [0.5, 0.6) is 0 Å². The van der Waals surface area contributed by atoms with Crippen molar-refractivity contribution in [1.29, 1.82) is 5.26 Å². The van der Waals surface area contributed by atoms with E-state index in [-0.39, 0.29) is 0 Å². The number of fused-ring (bicyclic) bond motifs is 6. The molecule has 0 atom stereocenters. The Balaban J connectivity index is 1.18. The molecule has 0 aliphatic rings. The van der Waals surface area contributed by atoms with Gasteiger partial charge in [0, 0.05) is 60.6 Å². The molecular formula is C63H39N7. The van der Waals surface area contributed by atoms with Crippen molar-refractivity contribution in [2.75, 3.05) is 0 Å². The highest BCUT2D eigenvalue weighted by Crippen LogP contribution is 2.44. The quantitative estimate of drug-likeness (QED) is 0.152. The summed E-state index contributed by atoms with van der Waals surface area (Å²) in [6.07, 6.45) is 0. The van der Waals surface area contributed by atoms with Gasteiger partial charge in [-0.3, -0.25) is 0 Å². The molecule has 0 saturated carbocycles. The second-order valence-electron chi connectivity index (χ2n) is 17.3. The van der Waals surface area contributed by atoms with Crippen molar-refractivity contribution >= 4 is 43.6 Å². The van der Waals surface area contributed by atoms with Crippen LogP contribution in [0.3, 0.4) is 0 Å². The van der Waals surface area contributed by atoms with Gasteiger partial charge in [-0.2, -0.15) is 5.26 Å². The van der Waals surface area contributed by atoms with E-state index in [1.165, 1.54) is 10.8 Å². The normalized spacial score (nSPS) is 11.4. The van der Waals surface area contributed by atoms with E-state index < -0.39 is 0 Å². The standard InChI is InChI=1S/C63H39N7/c64-40-41-35-51(62-65-53(42-19-5-1-6-20-42)38-54(66-62)43-21-7-2-8-22-43)61(52(36-41)63-67-55(44-23-9-3-10-24-44)39-56(68-63)45-25-11-4-12-26-45)70-59-32-18-15-29-49(59)50-34-33-46(37-60(50)70)69-57-30-16-13-27-47(57)48-28-14-17-31-58(48)69/h1-39H. The number of para-hydroxylation sites is 3. The molecule has 7 nitrogen and oxygen atoms in total. The number of rotatable bonds is 8. The van der Waals surface area contributed by atoms with Gasteiger partial charge in [-0.1, -0.05) is 182 Å². The van der Waals surface area contributed by atoms with Crippen LogP contribution in [0, 0.1) is 11.3 Å². The van der Waals surface area contributed by atoms with Gasteiger partial charge in [0.2, 0.25) is 0 Å². The summed E-state index contributed by atoms with van der Waals surface area (Å²) < 4.78 is 4.67. The number of nitriles is 1. The van der Waals surface area contributed by atoms with Crippen LogP contribution in [0.25, 0.3) is 123 Å². The lowest BCUT2D eigenvalue weighted by atomic mass is 9.99. The first-order valence-electron chi connectivity index (χ1n) is 23.3. The van der Waals surface area contributed by atoms with Crippen molar-refractivity contribution in [3.63, 3.8) is 0 Å². The SMILES string of the molecule is N#Cc1cc(-c2nc(-c3ccccc3)cc(-c3ccccc3)n2)c(-n2c3ccccc3c3ccc(-n4c5ccccc5c5ccccc54)cc32)c(-c2nc(-c3ccccc3)cc(-c3ccccc3)n2)c1. The molecular weight excluding hydrogens is 855 g/mol. The van der Waals surface area contributed by atoms with Gasteiger partial charge in [0.1, 0.15) is 0 Å². The highest BCUT2D eigenvalue weighted by atomic mass is 15.0. The van der Waals surface area contributed by atoms with E-state index in [4.69, 9.17) is 19.9 Å². The van der Waals surface area contributed by atoms with Crippen molar-refractivity contribution in [2.45, 2.75) is 0 Å². The fourth-order valence-electron chi connectivity index (χ4n) is 9.98. The highest BCUT2D eigenvalue weighted by Gasteiger charge is 2.26. The minimum absolute atomic E-state index is 0.422.